The molecule has 26 heavy (non-hydrogen) atoms. The number of hydrogen-bond donors (Lipinski definition) is 0. The molecule has 0 N–H and O–H groups in total. The van der Waals surface area contributed by atoms with Crippen molar-refractivity contribution in [2.45, 2.75) is 12.6 Å². The van der Waals surface area contributed by atoms with E-state index in [1.807, 2.05) is 54.6 Å². The summed E-state index contributed by atoms with van der Waals surface area (Å²) in [5, 5.41) is 0. The van der Waals surface area contributed by atoms with E-state index in [1.54, 1.807) is 24.4 Å². The van der Waals surface area contributed by atoms with Crippen LogP contribution in [0.5, 0.6) is 0 Å². The van der Waals surface area contributed by atoms with Crippen molar-refractivity contribution in [3.8, 4) is 22.4 Å². The van der Waals surface area contributed by atoms with Gasteiger partial charge in [0.15, 0.2) is 0 Å². The molecule has 0 aliphatic heterocycles. The molecule has 2 nitrogen and oxygen atoms in total. The van der Waals surface area contributed by atoms with Crippen LogP contribution in [0.4, 0.5) is 13.2 Å². The standard InChI is InChI=1S/C21H15F3N2/c22-21(23,24)14-18-20(25-19-8-4-5-13-26(18)19)17-11-9-16(10-12-17)15-6-2-1-3-7-15/h1-13H,14H2. The van der Waals surface area contributed by atoms with E-state index < -0.39 is 12.6 Å². The Bertz CT molecular complexity index is 1030. The second kappa shape index (κ2) is 6.33. The highest BCUT2D eigenvalue weighted by atomic mass is 19.4. The van der Waals surface area contributed by atoms with Crippen molar-refractivity contribution in [1.82, 2.24) is 9.38 Å². The third-order valence-corrected chi connectivity index (χ3v) is 4.26. The minimum absolute atomic E-state index is 0.153. The molecule has 130 valence electrons. The Hall–Kier alpha value is -3.08. The molecule has 2 heterocycles. The first kappa shape index (κ1) is 16.4. The quantitative estimate of drug-likeness (QED) is 0.457. The molecular weight excluding hydrogens is 337 g/mol. The van der Waals surface area contributed by atoms with Crippen LogP contribution in [-0.2, 0) is 6.42 Å². The largest absolute Gasteiger partial charge is 0.394 e. The summed E-state index contributed by atoms with van der Waals surface area (Å²) in [6.45, 7) is 0. The van der Waals surface area contributed by atoms with Gasteiger partial charge < -0.3 is 4.40 Å². The number of alkyl halides is 3. The Morgan fingerprint density at radius 3 is 2.04 bits per heavy atom. The highest BCUT2D eigenvalue weighted by Gasteiger charge is 2.31. The number of imidazole rings is 1. The monoisotopic (exact) mass is 352 g/mol. The summed E-state index contributed by atoms with van der Waals surface area (Å²) in [6, 6.07) is 22.5. The molecule has 0 saturated heterocycles. The van der Waals surface area contributed by atoms with Crippen molar-refractivity contribution >= 4 is 5.65 Å². The predicted octanol–water partition coefficient (Wildman–Crippen LogP) is 5.77. The zero-order valence-electron chi connectivity index (χ0n) is 13.7. The van der Waals surface area contributed by atoms with Gasteiger partial charge in [-0.3, -0.25) is 0 Å². The Morgan fingerprint density at radius 1 is 0.731 bits per heavy atom. The summed E-state index contributed by atoms with van der Waals surface area (Å²) in [5.41, 5.74) is 3.77. The fourth-order valence-electron chi connectivity index (χ4n) is 3.09. The molecule has 0 atom stereocenters. The van der Waals surface area contributed by atoms with Crippen molar-refractivity contribution in [3.63, 3.8) is 0 Å². The Morgan fingerprint density at radius 2 is 1.35 bits per heavy atom. The van der Waals surface area contributed by atoms with Crippen LogP contribution in [0, 0.1) is 0 Å². The van der Waals surface area contributed by atoms with Gasteiger partial charge in [-0.1, -0.05) is 60.7 Å². The summed E-state index contributed by atoms with van der Waals surface area (Å²) < 4.78 is 40.8. The summed E-state index contributed by atoms with van der Waals surface area (Å²) in [7, 11) is 0. The maximum Gasteiger partial charge on any atom is 0.394 e. The lowest BCUT2D eigenvalue weighted by atomic mass is 10.0. The first-order chi connectivity index (χ1) is 12.5. The number of hydrogen-bond acceptors (Lipinski definition) is 1. The molecule has 0 unspecified atom stereocenters. The van der Waals surface area contributed by atoms with Gasteiger partial charge >= 0.3 is 6.18 Å². The van der Waals surface area contributed by atoms with E-state index in [4.69, 9.17) is 0 Å². The summed E-state index contributed by atoms with van der Waals surface area (Å²) >= 11 is 0. The second-order valence-electron chi connectivity index (χ2n) is 6.07. The topological polar surface area (TPSA) is 17.3 Å². The van der Waals surface area contributed by atoms with Crippen LogP contribution >= 0.6 is 0 Å². The molecule has 4 aromatic rings. The lowest BCUT2D eigenvalue weighted by molar-refractivity contribution is -0.127. The van der Waals surface area contributed by atoms with Crippen molar-refractivity contribution in [2.24, 2.45) is 0 Å². The van der Waals surface area contributed by atoms with Crippen LogP contribution in [0.3, 0.4) is 0 Å². The number of rotatable bonds is 3. The predicted molar refractivity (Wildman–Crippen MR) is 95.8 cm³/mol. The van der Waals surface area contributed by atoms with Crippen LogP contribution in [0.15, 0.2) is 79.0 Å². The Labute approximate surface area is 148 Å². The summed E-state index contributed by atoms with van der Waals surface area (Å²) in [4.78, 5) is 4.43. The molecule has 0 bridgehead atoms. The fourth-order valence-corrected chi connectivity index (χ4v) is 3.09. The van der Waals surface area contributed by atoms with Gasteiger partial charge in [0.05, 0.1) is 17.8 Å². The zero-order valence-corrected chi connectivity index (χ0v) is 13.7. The van der Waals surface area contributed by atoms with Crippen LogP contribution in [-0.4, -0.2) is 15.6 Å². The maximum absolute atomic E-state index is 13.1. The van der Waals surface area contributed by atoms with E-state index in [-0.39, 0.29) is 5.69 Å². The van der Waals surface area contributed by atoms with Gasteiger partial charge in [-0.15, -0.1) is 0 Å². The molecule has 0 spiro atoms. The molecule has 0 radical (unpaired) electrons. The lowest BCUT2D eigenvalue weighted by Gasteiger charge is -2.09. The second-order valence-corrected chi connectivity index (χ2v) is 6.07. The molecule has 5 heteroatoms. The lowest BCUT2D eigenvalue weighted by Crippen LogP contribution is -2.14. The number of aromatic nitrogens is 2. The molecule has 2 aromatic carbocycles. The molecule has 2 aromatic heterocycles. The number of nitrogens with zero attached hydrogens (tertiary/aromatic N) is 2. The van der Waals surface area contributed by atoms with Crippen LogP contribution in [0.25, 0.3) is 28.0 Å². The first-order valence-corrected chi connectivity index (χ1v) is 8.20. The van der Waals surface area contributed by atoms with Gasteiger partial charge in [0.1, 0.15) is 5.65 Å². The summed E-state index contributed by atoms with van der Waals surface area (Å²) in [6.07, 6.45) is -3.70. The van der Waals surface area contributed by atoms with Gasteiger partial charge in [-0.25, -0.2) is 4.98 Å². The molecule has 0 amide bonds. The molecule has 0 saturated carbocycles. The maximum atomic E-state index is 13.1. The van der Waals surface area contributed by atoms with Crippen molar-refractivity contribution < 1.29 is 13.2 Å². The van der Waals surface area contributed by atoms with E-state index in [0.29, 0.717) is 16.9 Å². The number of fused-ring (bicyclic) bond motifs is 1. The summed E-state index contributed by atoms with van der Waals surface area (Å²) in [5.74, 6) is 0. The van der Waals surface area contributed by atoms with E-state index in [2.05, 4.69) is 4.98 Å². The molecule has 4 rings (SSSR count). The van der Waals surface area contributed by atoms with Crippen LogP contribution in [0.2, 0.25) is 0 Å². The van der Waals surface area contributed by atoms with Crippen molar-refractivity contribution in [2.75, 3.05) is 0 Å². The molecule has 0 fully saturated rings. The van der Waals surface area contributed by atoms with Gasteiger partial charge in [0, 0.05) is 11.8 Å². The number of benzene rings is 2. The van der Waals surface area contributed by atoms with Gasteiger partial charge in [0.2, 0.25) is 0 Å². The van der Waals surface area contributed by atoms with Crippen LogP contribution < -0.4 is 0 Å². The molecule has 0 aliphatic carbocycles. The SMILES string of the molecule is FC(F)(F)Cc1c(-c2ccc(-c3ccccc3)cc2)nc2ccccn12. The number of halogens is 3. The van der Waals surface area contributed by atoms with Gasteiger partial charge in [0.25, 0.3) is 0 Å². The van der Waals surface area contributed by atoms with E-state index in [1.165, 1.54) is 4.40 Å². The van der Waals surface area contributed by atoms with E-state index in [9.17, 15) is 13.2 Å². The molecule has 0 aliphatic rings. The number of pyridine rings is 1. The average molecular weight is 352 g/mol. The molecular formula is C21H15F3N2. The highest BCUT2D eigenvalue weighted by molar-refractivity contribution is 5.71. The van der Waals surface area contributed by atoms with Crippen molar-refractivity contribution in [3.05, 3.63) is 84.7 Å². The Kier molecular flexibility index (Phi) is 3.99. The minimum Gasteiger partial charge on any atom is -0.303 e. The van der Waals surface area contributed by atoms with Crippen molar-refractivity contribution in [1.29, 1.82) is 0 Å². The highest BCUT2D eigenvalue weighted by Crippen LogP contribution is 2.31. The van der Waals surface area contributed by atoms with E-state index >= 15 is 0 Å². The third kappa shape index (κ3) is 3.20. The Balaban J connectivity index is 1.80. The van der Waals surface area contributed by atoms with Gasteiger partial charge in [-0.05, 0) is 23.3 Å². The average Bonchev–Trinajstić information content (AvgIpc) is 3.00. The minimum atomic E-state index is -4.30. The van der Waals surface area contributed by atoms with Gasteiger partial charge in [-0.2, -0.15) is 13.2 Å². The fraction of sp³-hybridized carbons (Fsp3) is 0.0952. The van der Waals surface area contributed by atoms with Crippen LogP contribution in [0.1, 0.15) is 5.69 Å². The zero-order chi connectivity index (χ0) is 18.1. The first-order valence-electron chi connectivity index (χ1n) is 8.20. The van der Waals surface area contributed by atoms with E-state index in [0.717, 1.165) is 11.1 Å². The smallest absolute Gasteiger partial charge is 0.303 e. The third-order valence-electron chi connectivity index (χ3n) is 4.26. The normalized spacial score (nSPS) is 11.8.